The van der Waals surface area contributed by atoms with Crippen LogP contribution in [0.2, 0.25) is 0 Å². The number of fused-ring (bicyclic) bond motifs is 1. The molecule has 0 saturated carbocycles. The van der Waals surface area contributed by atoms with Crippen molar-refractivity contribution in [2.24, 2.45) is 0 Å². The molecule has 0 amide bonds. The number of H-pyrrole nitrogens is 1. The largest absolute Gasteiger partial charge is 0.361 e. The van der Waals surface area contributed by atoms with Crippen molar-refractivity contribution in [3.8, 4) is 6.07 Å². The van der Waals surface area contributed by atoms with Gasteiger partial charge in [0, 0.05) is 40.7 Å². The van der Waals surface area contributed by atoms with E-state index in [1.165, 1.54) is 5.56 Å². The molecule has 0 saturated heterocycles. The molecule has 29 heavy (non-hydrogen) atoms. The van der Waals surface area contributed by atoms with Gasteiger partial charge in [0.1, 0.15) is 6.07 Å². The molecule has 0 bridgehead atoms. The number of hydrogen-bond acceptors (Lipinski definition) is 3. The topological polar surface area (TPSA) is 64.5 Å². The number of nitrogens with one attached hydrogen (secondary N) is 2. The minimum Gasteiger partial charge on any atom is -0.361 e. The molecule has 142 valence electrons. The van der Waals surface area contributed by atoms with Gasteiger partial charge in [-0.05, 0) is 48.2 Å². The zero-order valence-electron chi connectivity index (χ0n) is 16.5. The smallest absolute Gasteiger partial charge is 0.103 e. The van der Waals surface area contributed by atoms with Crippen LogP contribution in [-0.2, 0) is 6.42 Å². The van der Waals surface area contributed by atoms with Gasteiger partial charge >= 0.3 is 0 Å². The van der Waals surface area contributed by atoms with Crippen LogP contribution in [0.5, 0.6) is 0 Å². The van der Waals surface area contributed by atoms with Crippen LogP contribution < -0.4 is 5.32 Å². The summed E-state index contributed by atoms with van der Waals surface area (Å²) >= 11 is 0. The number of aromatic amines is 1. The summed E-state index contributed by atoms with van der Waals surface area (Å²) in [4.78, 5) is 7.47. The van der Waals surface area contributed by atoms with Gasteiger partial charge in [-0.3, -0.25) is 4.98 Å². The summed E-state index contributed by atoms with van der Waals surface area (Å²) in [7, 11) is 0. The normalized spacial score (nSPS) is 11.1. The van der Waals surface area contributed by atoms with Gasteiger partial charge < -0.3 is 10.3 Å². The molecule has 0 aliphatic carbocycles. The predicted octanol–water partition coefficient (Wildman–Crippen LogP) is 6.22. The lowest BCUT2D eigenvalue weighted by Gasteiger charge is -2.14. The average molecular weight is 378 g/mol. The molecule has 0 fully saturated rings. The van der Waals surface area contributed by atoms with Crippen LogP contribution in [0.25, 0.3) is 23.1 Å². The molecule has 2 aromatic heterocycles. The summed E-state index contributed by atoms with van der Waals surface area (Å²) in [5, 5.41) is 14.2. The molecule has 2 aromatic carbocycles. The summed E-state index contributed by atoms with van der Waals surface area (Å²) in [6.45, 7) is 4.23. The van der Waals surface area contributed by atoms with Crippen LogP contribution in [0.1, 0.15) is 34.7 Å². The number of anilines is 2. The van der Waals surface area contributed by atoms with E-state index >= 15 is 0 Å². The van der Waals surface area contributed by atoms with Crippen molar-refractivity contribution >= 4 is 34.4 Å². The molecule has 0 atom stereocenters. The van der Waals surface area contributed by atoms with Crippen LogP contribution in [0, 0.1) is 18.3 Å². The highest BCUT2D eigenvalue weighted by Gasteiger charge is 2.11. The van der Waals surface area contributed by atoms with Crippen molar-refractivity contribution in [3.63, 3.8) is 0 Å². The number of nitriles is 1. The minimum atomic E-state index is 0.516. The first-order chi connectivity index (χ1) is 14.2. The van der Waals surface area contributed by atoms with Crippen molar-refractivity contribution < 1.29 is 0 Å². The molecule has 0 spiro atoms. The maximum atomic E-state index is 9.61. The fourth-order valence-electron chi connectivity index (χ4n) is 3.43. The summed E-state index contributed by atoms with van der Waals surface area (Å²) in [6, 6.07) is 16.9. The van der Waals surface area contributed by atoms with Gasteiger partial charge in [-0.2, -0.15) is 5.26 Å². The molecule has 4 aromatic rings. The van der Waals surface area contributed by atoms with Crippen LogP contribution in [0.15, 0.2) is 61.1 Å². The van der Waals surface area contributed by atoms with E-state index in [0.29, 0.717) is 5.56 Å². The van der Waals surface area contributed by atoms with Gasteiger partial charge in [0.15, 0.2) is 0 Å². The van der Waals surface area contributed by atoms with Gasteiger partial charge in [-0.1, -0.05) is 43.3 Å². The van der Waals surface area contributed by atoms with Crippen LogP contribution in [0.3, 0.4) is 0 Å². The van der Waals surface area contributed by atoms with E-state index in [9.17, 15) is 5.26 Å². The Morgan fingerprint density at radius 3 is 2.66 bits per heavy atom. The number of pyridine rings is 1. The monoisotopic (exact) mass is 378 g/mol. The quantitative estimate of drug-likeness (QED) is 0.433. The molecule has 0 aliphatic rings. The molecular weight excluding hydrogens is 356 g/mol. The molecule has 4 rings (SSSR count). The first-order valence-electron chi connectivity index (χ1n) is 9.68. The Hall–Kier alpha value is -3.84. The minimum absolute atomic E-state index is 0.516. The first kappa shape index (κ1) is 18.5. The van der Waals surface area contributed by atoms with E-state index in [1.54, 1.807) is 12.4 Å². The Morgan fingerprint density at radius 2 is 1.90 bits per heavy atom. The highest BCUT2D eigenvalue weighted by Crippen LogP contribution is 2.31. The van der Waals surface area contributed by atoms with E-state index < -0.39 is 0 Å². The van der Waals surface area contributed by atoms with Gasteiger partial charge in [0.25, 0.3) is 0 Å². The molecular formula is C25H22N4. The zero-order valence-corrected chi connectivity index (χ0v) is 16.5. The second-order valence-corrected chi connectivity index (χ2v) is 6.99. The van der Waals surface area contributed by atoms with Gasteiger partial charge in [0.2, 0.25) is 0 Å². The zero-order chi connectivity index (χ0) is 20.2. The van der Waals surface area contributed by atoms with E-state index in [-0.39, 0.29) is 0 Å². The van der Waals surface area contributed by atoms with Crippen molar-refractivity contribution in [1.82, 2.24) is 9.97 Å². The molecule has 4 nitrogen and oxygen atoms in total. The fraction of sp³-hybridized carbons (Fsp3) is 0.120. The lowest BCUT2D eigenvalue weighted by Crippen LogP contribution is -1.99. The predicted molar refractivity (Wildman–Crippen MR) is 120 cm³/mol. The molecule has 0 radical (unpaired) electrons. The van der Waals surface area contributed by atoms with Gasteiger partial charge in [-0.25, -0.2) is 0 Å². The Bertz CT molecular complexity index is 1220. The highest BCUT2D eigenvalue weighted by atomic mass is 14.9. The Kier molecular flexibility index (Phi) is 5.13. The second-order valence-electron chi connectivity index (χ2n) is 6.99. The Labute approximate surface area is 170 Å². The second kappa shape index (κ2) is 8.04. The van der Waals surface area contributed by atoms with Crippen LogP contribution in [0.4, 0.5) is 11.4 Å². The highest BCUT2D eigenvalue weighted by molar-refractivity contribution is 5.90. The average Bonchev–Trinajstić information content (AvgIpc) is 3.25. The summed E-state index contributed by atoms with van der Waals surface area (Å²) in [6.07, 6.45) is 10.4. The van der Waals surface area contributed by atoms with E-state index in [1.807, 2.05) is 30.5 Å². The lowest BCUT2D eigenvalue weighted by molar-refractivity contribution is 1.14. The Morgan fingerprint density at radius 1 is 1.07 bits per heavy atom. The standard InChI is InChI=1S/C25H22N4/c1-3-18-4-6-19(7-5-18)8-9-20-15-27-16-21(14-26)25(20)29-23-10-11-24-22(17(23)2)12-13-28-24/h4-13,15-16,28H,3H2,1-2H3,(H,27,29)/b9-8+. The molecule has 2 heterocycles. The number of nitrogens with zero attached hydrogens (tertiary/aromatic N) is 2. The van der Waals surface area contributed by atoms with E-state index in [4.69, 9.17) is 0 Å². The number of aromatic nitrogens is 2. The van der Waals surface area contributed by atoms with Crippen molar-refractivity contribution in [2.45, 2.75) is 20.3 Å². The summed E-state index contributed by atoms with van der Waals surface area (Å²) in [5.74, 6) is 0. The number of rotatable bonds is 5. The van der Waals surface area contributed by atoms with Gasteiger partial charge in [0.05, 0.1) is 11.3 Å². The maximum Gasteiger partial charge on any atom is 0.103 e. The maximum absolute atomic E-state index is 9.61. The first-order valence-corrected chi connectivity index (χ1v) is 9.68. The molecule has 0 aliphatic heterocycles. The molecule has 0 unspecified atom stereocenters. The third-order valence-electron chi connectivity index (χ3n) is 5.20. The SMILES string of the molecule is CCc1ccc(/C=C/c2cncc(C#N)c2Nc2ccc3[nH]ccc3c2C)cc1. The van der Waals surface area contributed by atoms with Crippen LogP contribution in [-0.4, -0.2) is 9.97 Å². The number of hydrogen-bond donors (Lipinski definition) is 2. The third kappa shape index (κ3) is 3.76. The van der Waals surface area contributed by atoms with Crippen molar-refractivity contribution in [1.29, 1.82) is 5.26 Å². The van der Waals surface area contributed by atoms with E-state index in [2.05, 4.69) is 65.5 Å². The van der Waals surface area contributed by atoms with E-state index in [0.717, 1.165) is 45.4 Å². The summed E-state index contributed by atoms with van der Waals surface area (Å²) < 4.78 is 0. The van der Waals surface area contributed by atoms with Crippen molar-refractivity contribution in [3.05, 3.63) is 88.9 Å². The number of benzene rings is 2. The van der Waals surface area contributed by atoms with Crippen LogP contribution >= 0.6 is 0 Å². The molecule has 4 heteroatoms. The summed E-state index contributed by atoms with van der Waals surface area (Å²) in [5.41, 5.74) is 7.78. The third-order valence-corrected chi connectivity index (χ3v) is 5.20. The Balaban J connectivity index is 1.71. The lowest BCUT2D eigenvalue weighted by atomic mass is 10.1. The number of aryl methyl sites for hydroxylation is 2. The fourth-order valence-corrected chi connectivity index (χ4v) is 3.43. The van der Waals surface area contributed by atoms with Gasteiger partial charge in [-0.15, -0.1) is 0 Å². The molecule has 2 N–H and O–H groups in total. The van der Waals surface area contributed by atoms with Crippen molar-refractivity contribution in [2.75, 3.05) is 5.32 Å².